The number of hydrogen-bond acceptors (Lipinski definition) is 3. The first kappa shape index (κ1) is 16.7. The molecular formula is C14H24O4. The average molecular weight is 256 g/mol. The topological polar surface area (TPSA) is 63.6 Å². The predicted octanol–water partition coefficient (Wildman–Crippen LogP) is 3.31. The van der Waals surface area contributed by atoms with Gasteiger partial charge in [0.25, 0.3) is 0 Å². The van der Waals surface area contributed by atoms with Crippen LogP contribution in [0.25, 0.3) is 0 Å². The van der Waals surface area contributed by atoms with Gasteiger partial charge in [0.1, 0.15) is 0 Å². The SMILES string of the molecule is COC(=O)C=CCCCCCCCCCC(=O)O. The average Bonchev–Trinajstić information content (AvgIpc) is 2.35. The van der Waals surface area contributed by atoms with E-state index in [9.17, 15) is 9.59 Å². The molecule has 0 atom stereocenters. The van der Waals surface area contributed by atoms with E-state index in [1.807, 2.05) is 6.08 Å². The zero-order valence-corrected chi connectivity index (χ0v) is 11.2. The molecule has 0 radical (unpaired) electrons. The molecule has 0 fully saturated rings. The van der Waals surface area contributed by atoms with Gasteiger partial charge in [-0.05, 0) is 19.3 Å². The second kappa shape index (κ2) is 12.1. The largest absolute Gasteiger partial charge is 0.481 e. The number of aliphatic carboxylic acids is 1. The van der Waals surface area contributed by atoms with E-state index in [0.717, 1.165) is 38.5 Å². The van der Waals surface area contributed by atoms with Gasteiger partial charge in [0.05, 0.1) is 7.11 Å². The number of carbonyl (C=O) groups is 2. The molecule has 0 rings (SSSR count). The maximum atomic E-state index is 10.7. The lowest BCUT2D eigenvalue weighted by Gasteiger charge is -2.00. The van der Waals surface area contributed by atoms with Crippen molar-refractivity contribution in [3.8, 4) is 0 Å². The number of rotatable bonds is 11. The van der Waals surface area contributed by atoms with Gasteiger partial charge in [-0.2, -0.15) is 0 Å². The second-order valence-corrected chi connectivity index (χ2v) is 4.33. The van der Waals surface area contributed by atoms with Gasteiger partial charge in [0.2, 0.25) is 0 Å². The lowest BCUT2D eigenvalue weighted by Crippen LogP contribution is -1.93. The maximum absolute atomic E-state index is 10.7. The minimum absolute atomic E-state index is 0.290. The summed E-state index contributed by atoms with van der Waals surface area (Å²) in [5.74, 6) is -0.999. The van der Waals surface area contributed by atoms with E-state index < -0.39 is 5.97 Å². The fourth-order valence-corrected chi connectivity index (χ4v) is 1.67. The minimum Gasteiger partial charge on any atom is -0.481 e. The van der Waals surface area contributed by atoms with Gasteiger partial charge in [-0.1, -0.05) is 38.2 Å². The molecule has 0 unspecified atom stereocenters. The number of ether oxygens (including phenoxy) is 1. The Kier molecular flexibility index (Phi) is 11.3. The Balaban J connectivity index is 3.14. The van der Waals surface area contributed by atoms with E-state index in [-0.39, 0.29) is 5.97 Å². The Bertz CT molecular complexity index is 259. The zero-order chi connectivity index (χ0) is 13.6. The summed E-state index contributed by atoms with van der Waals surface area (Å²) in [7, 11) is 1.37. The number of unbranched alkanes of at least 4 members (excludes halogenated alkanes) is 7. The monoisotopic (exact) mass is 256 g/mol. The van der Waals surface area contributed by atoms with Gasteiger partial charge in [-0.25, -0.2) is 4.79 Å². The van der Waals surface area contributed by atoms with Crippen LogP contribution < -0.4 is 0 Å². The molecule has 0 aromatic carbocycles. The smallest absolute Gasteiger partial charge is 0.330 e. The quantitative estimate of drug-likeness (QED) is 0.350. The fourth-order valence-electron chi connectivity index (χ4n) is 1.67. The summed E-state index contributed by atoms with van der Waals surface area (Å²) >= 11 is 0. The summed E-state index contributed by atoms with van der Waals surface area (Å²) in [4.78, 5) is 21.0. The molecule has 0 aliphatic carbocycles. The Hall–Kier alpha value is -1.32. The van der Waals surface area contributed by atoms with Gasteiger partial charge in [-0.3, -0.25) is 4.79 Å². The number of hydrogen-bond donors (Lipinski definition) is 1. The molecule has 0 aliphatic rings. The van der Waals surface area contributed by atoms with Crippen molar-refractivity contribution in [2.45, 2.75) is 57.8 Å². The van der Waals surface area contributed by atoms with Crippen LogP contribution in [0.1, 0.15) is 57.8 Å². The molecule has 1 N–H and O–H groups in total. The first-order valence-corrected chi connectivity index (χ1v) is 6.63. The second-order valence-electron chi connectivity index (χ2n) is 4.33. The van der Waals surface area contributed by atoms with Gasteiger partial charge >= 0.3 is 11.9 Å². The summed E-state index contributed by atoms with van der Waals surface area (Å²) < 4.78 is 4.48. The standard InChI is InChI=1S/C14H24O4/c1-18-14(17)12-10-8-6-4-2-3-5-7-9-11-13(15)16/h10,12H,2-9,11H2,1H3,(H,15,16). The van der Waals surface area contributed by atoms with Crippen molar-refractivity contribution in [3.05, 3.63) is 12.2 Å². The van der Waals surface area contributed by atoms with Crippen LogP contribution in [0.15, 0.2) is 12.2 Å². The van der Waals surface area contributed by atoms with Crippen molar-refractivity contribution >= 4 is 11.9 Å². The molecule has 0 aliphatic heterocycles. The molecule has 104 valence electrons. The third kappa shape index (κ3) is 12.7. The van der Waals surface area contributed by atoms with Crippen molar-refractivity contribution in [1.29, 1.82) is 0 Å². The van der Waals surface area contributed by atoms with E-state index >= 15 is 0 Å². The van der Waals surface area contributed by atoms with Crippen LogP contribution in [-0.2, 0) is 14.3 Å². The fraction of sp³-hybridized carbons (Fsp3) is 0.714. The summed E-state index contributed by atoms with van der Waals surface area (Å²) in [6, 6.07) is 0. The molecule has 0 bridgehead atoms. The number of methoxy groups -OCH3 is 1. The van der Waals surface area contributed by atoms with Crippen molar-refractivity contribution in [3.63, 3.8) is 0 Å². The third-order valence-electron chi connectivity index (χ3n) is 2.72. The van der Waals surface area contributed by atoms with E-state index in [4.69, 9.17) is 5.11 Å². The highest BCUT2D eigenvalue weighted by Gasteiger charge is 1.96. The van der Waals surface area contributed by atoms with Crippen LogP contribution in [0, 0.1) is 0 Å². The Morgan fingerprint density at radius 3 is 2.11 bits per heavy atom. The molecule has 4 nitrogen and oxygen atoms in total. The van der Waals surface area contributed by atoms with Crippen molar-refractivity contribution in [1.82, 2.24) is 0 Å². The van der Waals surface area contributed by atoms with Crippen molar-refractivity contribution in [2.24, 2.45) is 0 Å². The molecule has 18 heavy (non-hydrogen) atoms. The number of esters is 1. The van der Waals surface area contributed by atoms with Crippen LogP contribution >= 0.6 is 0 Å². The lowest BCUT2D eigenvalue weighted by molar-refractivity contribution is -0.137. The van der Waals surface area contributed by atoms with E-state index in [1.165, 1.54) is 26.0 Å². The number of allylic oxidation sites excluding steroid dienone is 1. The molecule has 0 aromatic rings. The molecule has 4 heteroatoms. The van der Waals surface area contributed by atoms with Crippen LogP contribution in [0.5, 0.6) is 0 Å². The number of carboxylic acids is 1. The molecule has 0 saturated carbocycles. The van der Waals surface area contributed by atoms with Crippen molar-refractivity contribution < 1.29 is 19.4 Å². The van der Waals surface area contributed by atoms with Crippen LogP contribution in [0.3, 0.4) is 0 Å². The van der Waals surface area contributed by atoms with Crippen molar-refractivity contribution in [2.75, 3.05) is 7.11 Å². The van der Waals surface area contributed by atoms with Crippen LogP contribution in [-0.4, -0.2) is 24.2 Å². The first-order valence-electron chi connectivity index (χ1n) is 6.63. The maximum Gasteiger partial charge on any atom is 0.330 e. The lowest BCUT2D eigenvalue weighted by atomic mass is 10.1. The highest BCUT2D eigenvalue weighted by atomic mass is 16.5. The molecular weight excluding hydrogens is 232 g/mol. The molecule has 0 spiro atoms. The minimum atomic E-state index is -0.701. The molecule has 0 amide bonds. The van der Waals surface area contributed by atoms with Crippen LogP contribution in [0.4, 0.5) is 0 Å². The van der Waals surface area contributed by atoms with Gasteiger partial charge in [-0.15, -0.1) is 0 Å². The van der Waals surface area contributed by atoms with E-state index in [0.29, 0.717) is 6.42 Å². The van der Waals surface area contributed by atoms with E-state index in [1.54, 1.807) is 0 Å². The molecule has 0 heterocycles. The normalized spacial score (nSPS) is 10.7. The highest BCUT2D eigenvalue weighted by molar-refractivity contribution is 5.81. The third-order valence-corrected chi connectivity index (χ3v) is 2.72. The highest BCUT2D eigenvalue weighted by Crippen LogP contribution is 2.09. The number of carbonyl (C=O) groups excluding carboxylic acids is 1. The summed E-state index contributed by atoms with van der Waals surface area (Å²) in [6.45, 7) is 0. The van der Waals surface area contributed by atoms with Gasteiger partial charge in [0, 0.05) is 12.5 Å². The van der Waals surface area contributed by atoms with Gasteiger partial charge < -0.3 is 9.84 Å². The van der Waals surface area contributed by atoms with Gasteiger partial charge in [0.15, 0.2) is 0 Å². The summed E-state index contributed by atoms with van der Waals surface area (Å²) in [5, 5.41) is 8.45. The Morgan fingerprint density at radius 2 is 1.56 bits per heavy atom. The predicted molar refractivity (Wildman–Crippen MR) is 70.3 cm³/mol. The molecule has 0 aromatic heterocycles. The van der Waals surface area contributed by atoms with Crippen LogP contribution in [0.2, 0.25) is 0 Å². The zero-order valence-electron chi connectivity index (χ0n) is 11.2. The molecule has 0 saturated heterocycles. The van der Waals surface area contributed by atoms with E-state index in [2.05, 4.69) is 4.74 Å². The Labute approximate surface area is 109 Å². The summed E-state index contributed by atoms with van der Waals surface area (Å²) in [5.41, 5.74) is 0. The first-order chi connectivity index (χ1) is 8.66. The number of carboxylic acid groups (broad SMARTS) is 1. The summed E-state index contributed by atoms with van der Waals surface area (Å²) in [6.07, 6.45) is 12.0. The Morgan fingerprint density at radius 1 is 1.00 bits per heavy atom.